The molecule has 0 saturated carbocycles. The van der Waals surface area contributed by atoms with Crippen molar-refractivity contribution in [2.24, 2.45) is 0 Å². The zero-order chi connectivity index (χ0) is 53.4. The summed E-state index contributed by atoms with van der Waals surface area (Å²) in [7, 11) is 0. The number of rotatable bonds is 10. The molecular formula is C76H48N2O3. The van der Waals surface area contributed by atoms with Gasteiger partial charge in [0.1, 0.15) is 33.8 Å². The minimum atomic E-state index is 0.799. The van der Waals surface area contributed by atoms with Crippen LogP contribution in [0.2, 0.25) is 0 Å². The lowest BCUT2D eigenvalue weighted by Crippen LogP contribution is -2.11. The Morgan fingerprint density at radius 2 is 0.642 bits per heavy atom. The summed E-state index contributed by atoms with van der Waals surface area (Å²) in [6, 6.07) is 103. The first-order chi connectivity index (χ1) is 40.1. The quantitative estimate of drug-likeness (QED) is 0.137. The largest absolute Gasteiger partial charge is 0.456 e. The molecule has 0 unspecified atom stereocenters. The Morgan fingerprint density at radius 3 is 1.16 bits per heavy atom. The van der Waals surface area contributed by atoms with Crippen molar-refractivity contribution < 1.29 is 13.6 Å². The van der Waals surface area contributed by atoms with Crippen molar-refractivity contribution in [3.8, 4) is 67.1 Å². The molecule has 0 amide bonds. The van der Waals surface area contributed by atoms with Gasteiger partial charge in [0.05, 0.1) is 5.69 Å². The second kappa shape index (κ2) is 18.9. The minimum absolute atomic E-state index is 0.799. The summed E-state index contributed by atoms with van der Waals surface area (Å²) in [4.78, 5) is 4.66. The predicted molar refractivity (Wildman–Crippen MR) is 335 cm³/mol. The molecule has 3 heterocycles. The van der Waals surface area contributed by atoms with E-state index in [1.54, 1.807) is 0 Å². The lowest BCUT2D eigenvalue weighted by molar-refractivity contribution is 0.487. The number of para-hydroxylation sites is 4. The van der Waals surface area contributed by atoms with Gasteiger partial charge in [-0.1, -0.05) is 200 Å². The van der Waals surface area contributed by atoms with Gasteiger partial charge in [-0.3, -0.25) is 0 Å². The van der Waals surface area contributed by atoms with Crippen molar-refractivity contribution in [3.05, 3.63) is 291 Å². The van der Waals surface area contributed by atoms with Crippen LogP contribution in [-0.2, 0) is 0 Å². The molecule has 0 atom stereocenters. The molecule has 0 N–H and O–H groups in total. The molecule has 15 aromatic rings. The number of hydrogen-bond acceptors (Lipinski definition) is 5. The Kier molecular flexibility index (Phi) is 10.8. The van der Waals surface area contributed by atoms with Crippen molar-refractivity contribution in [2.45, 2.75) is 0 Å². The molecule has 0 aliphatic carbocycles. The number of nitrogens with zero attached hydrogens (tertiary/aromatic N) is 2. The van der Waals surface area contributed by atoms with Crippen LogP contribution in [0.3, 0.4) is 0 Å². The van der Waals surface area contributed by atoms with Gasteiger partial charge in [0.15, 0.2) is 0 Å². The summed E-state index contributed by atoms with van der Waals surface area (Å²) in [5, 5.41) is 6.62. The van der Waals surface area contributed by atoms with Gasteiger partial charge in [0, 0.05) is 78.1 Å². The van der Waals surface area contributed by atoms with Gasteiger partial charge in [0.25, 0.3) is 0 Å². The van der Waals surface area contributed by atoms with Crippen molar-refractivity contribution in [1.82, 2.24) is 0 Å². The lowest BCUT2D eigenvalue weighted by Gasteiger charge is -2.30. The first kappa shape index (κ1) is 46.2. The van der Waals surface area contributed by atoms with Crippen LogP contribution >= 0.6 is 0 Å². The maximum absolute atomic E-state index is 7.10. The van der Waals surface area contributed by atoms with Crippen molar-refractivity contribution >= 4 is 88.8 Å². The van der Waals surface area contributed by atoms with Crippen LogP contribution < -0.4 is 14.5 Å². The molecule has 0 radical (unpaired) electrons. The normalized spacial score (nSPS) is 11.8. The summed E-state index contributed by atoms with van der Waals surface area (Å²) in [5.74, 6) is 1.60. The minimum Gasteiger partial charge on any atom is -0.456 e. The number of fused-ring (bicyclic) bond motifs is 8. The van der Waals surface area contributed by atoms with E-state index in [9.17, 15) is 0 Å². The highest BCUT2D eigenvalue weighted by Crippen LogP contribution is 2.52. The first-order valence-corrected chi connectivity index (χ1v) is 27.5. The van der Waals surface area contributed by atoms with E-state index in [0.29, 0.717) is 0 Å². The molecule has 81 heavy (non-hydrogen) atoms. The average Bonchev–Trinajstić information content (AvgIpc) is 4.28. The van der Waals surface area contributed by atoms with Crippen LogP contribution in [0.4, 0.5) is 34.1 Å². The molecular weight excluding hydrogens is 989 g/mol. The van der Waals surface area contributed by atoms with Gasteiger partial charge in [0.2, 0.25) is 0 Å². The summed E-state index contributed by atoms with van der Waals surface area (Å²) in [6.45, 7) is 0. The van der Waals surface area contributed by atoms with E-state index in [4.69, 9.17) is 13.6 Å². The van der Waals surface area contributed by atoms with E-state index < -0.39 is 0 Å². The molecule has 0 bridgehead atoms. The van der Waals surface area contributed by atoms with Gasteiger partial charge in [-0.25, -0.2) is 0 Å². The SMILES string of the molecule is c1ccc(-c2ccc(N(c3ccc(-c4cccc5c4oc4ccccc45)cc3)c3ccc4c(c3)-c3cccc5cc(N(c6ccc(-c7ccccc7)cc6)c6ccc(-c7cccc8c7oc7ccccc78)cc6)cc(c35)O4)cc2)cc1. The van der Waals surface area contributed by atoms with Crippen molar-refractivity contribution in [1.29, 1.82) is 0 Å². The monoisotopic (exact) mass is 1040 g/mol. The maximum Gasteiger partial charge on any atom is 0.143 e. The maximum atomic E-state index is 7.10. The second-order valence-electron chi connectivity index (χ2n) is 20.8. The van der Waals surface area contributed by atoms with Crippen LogP contribution in [0, 0.1) is 0 Å². The third-order valence-electron chi connectivity index (χ3n) is 16.1. The molecule has 5 nitrogen and oxygen atoms in total. The Hall–Kier alpha value is -10.9. The van der Waals surface area contributed by atoms with E-state index in [0.717, 1.165) is 145 Å². The fraction of sp³-hybridized carbons (Fsp3) is 0. The molecule has 5 heteroatoms. The highest BCUT2D eigenvalue weighted by atomic mass is 16.5. The Balaban J connectivity index is 0.791. The number of furan rings is 2. The molecule has 1 aliphatic heterocycles. The smallest absolute Gasteiger partial charge is 0.143 e. The topological polar surface area (TPSA) is 42.0 Å². The fourth-order valence-electron chi connectivity index (χ4n) is 12.2. The number of anilines is 6. The second-order valence-corrected chi connectivity index (χ2v) is 20.8. The van der Waals surface area contributed by atoms with E-state index >= 15 is 0 Å². The lowest BCUT2D eigenvalue weighted by atomic mass is 9.93. The van der Waals surface area contributed by atoms with Gasteiger partial charge < -0.3 is 23.4 Å². The van der Waals surface area contributed by atoms with Crippen LogP contribution in [0.15, 0.2) is 300 Å². The van der Waals surface area contributed by atoms with Crippen LogP contribution in [-0.4, -0.2) is 0 Å². The van der Waals surface area contributed by atoms with Crippen molar-refractivity contribution in [2.75, 3.05) is 9.80 Å². The molecule has 1 aliphatic rings. The summed E-state index contributed by atoms with van der Waals surface area (Å²) in [5.41, 5.74) is 20.8. The van der Waals surface area contributed by atoms with E-state index in [-0.39, 0.29) is 0 Å². The number of ether oxygens (including phenoxy) is 1. The molecule has 0 fully saturated rings. The molecule has 16 rings (SSSR count). The molecule has 0 saturated heterocycles. The van der Waals surface area contributed by atoms with Crippen molar-refractivity contribution in [3.63, 3.8) is 0 Å². The van der Waals surface area contributed by atoms with E-state index in [2.05, 4.69) is 277 Å². The standard InChI is InChI=1S/C76H48N2O3/c1-3-14-49(15-4-1)51-28-36-56(37-29-51)77(57-40-32-53(33-41-57)62-21-12-24-67-64-19-7-9-26-70(64)80-75(62)67)60-44-45-72-69(47-60)66-23-11-18-55-46-61(48-73(79-72)74(55)66)78(58-38-30-52(31-39-58)50-16-5-2-6-17-50)59-42-34-54(35-43-59)63-22-13-25-68-65-20-8-10-27-71(65)81-76(63)68/h1-48H. The Bertz CT molecular complexity index is 4870. The predicted octanol–water partition coefficient (Wildman–Crippen LogP) is 22.0. The average molecular weight is 1040 g/mol. The first-order valence-electron chi connectivity index (χ1n) is 27.5. The zero-order valence-corrected chi connectivity index (χ0v) is 43.8. The van der Waals surface area contributed by atoms with Gasteiger partial charge in [-0.2, -0.15) is 0 Å². The fourth-order valence-corrected chi connectivity index (χ4v) is 12.2. The van der Waals surface area contributed by atoms with Crippen LogP contribution in [0.5, 0.6) is 11.5 Å². The summed E-state index contributed by atoms with van der Waals surface area (Å²) >= 11 is 0. The zero-order valence-electron chi connectivity index (χ0n) is 43.8. The van der Waals surface area contributed by atoms with E-state index in [1.807, 2.05) is 24.3 Å². The Labute approximate surface area is 468 Å². The highest BCUT2D eigenvalue weighted by Gasteiger charge is 2.26. The molecule has 380 valence electrons. The van der Waals surface area contributed by atoms with Gasteiger partial charge >= 0.3 is 0 Å². The highest BCUT2D eigenvalue weighted by molar-refractivity contribution is 6.11. The molecule has 13 aromatic carbocycles. The van der Waals surface area contributed by atoms with Crippen LogP contribution in [0.25, 0.3) is 110 Å². The van der Waals surface area contributed by atoms with Gasteiger partial charge in [-0.15, -0.1) is 0 Å². The third-order valence-corrected chi connectivity index (χ3v) is 16.1. The summed E-state index contributed by atoms with van der Waals surface area (Å²) < 4.78 is 20.1. The number of benzene rings is 13. The third kappa shape index (κ3) is 7.93. The molecule has 2 aromatic heterocycles. The summed E-state index contributed by atoms with van der Waals surface area (Å²) in [6.07, 6.45) is 0. The molecule has 0 spiro atoms. The van der Waals surface area contributed by atoms with E-state index in [1.165, 1.54) is 11.1 Å². The number of hydrogen-bond donors (Lipinski definition) is 0. The van der Waals surface area contributed by atoms with Gasteiger partial charge in [-0.05, 0) is 129 Å². The Morgan fingerprint density at radius 1 is 0.235 bits per heavy atom. The van der Waals surface area contributed by atoms with Crippen LogP contribution in [0.1, 0.15) is 0 Å².